The first-order chi connectivity index (χ1) is 25.8. The summed E-state index contributed by atoms with van der Waals surface area (Å²) in [5.74, 6) is -0.713. The molecule has 284 valence electrons. The number of carbonyl (C=O) groups excluding carboxylic acids is 2. The van der Waals surface area contributed by atoms with Crippen LogP contribution >= 0.6 is 11.6 Å². The number of hydrogen-bond acceptors (Lipinski definition) is 10. The summed E-state index contributed by atoms with van der Waals surface area (Å²) in [4.78, 5) is 58.5. The van der Waals surface area contributed by atoms with E-state index in [2.05, 4.69) is 20.4 Å². The molecule has 2 fully saturated rings. The Labute approximate surface area is 311 Å². The molecule has 8 rings (SSSR count). The van der Waals surface area contributed by atoms with E-state index < -0.39 is 29.0 Å². The van der Waals surface area contributed by atoms with Crippen LogP contribution in [0.4, 0.5) is 24.7 Å². The third kappa shape index (κ3) is 6.26. The fraction of sp³-hybridized carbons (Fsp3) is 0.472. The van der Waals surface area contributed by atoms with Crippen LogP contribution in [0.15, 0.2) is 35.4 Å². The van der Waals surface area contributed by atoms with E-state index in [-0.39, 0.29) is 65.1 Å². The number of ether oxygens (including phenoxy) is 1. The van der Waals surface area contributed by atoms with E-state index in [0.717, 1.165) is 36.6 Å². The molecule has 14 nitrogen and oxygen atoms in total. The minimum absolute atomic E-state index is 0.000445. The Bertz CT molecular complexity index is 2280. The highest BCUT2D eigenvalue weighted by Gasteiger charge is 2.49. The zero-order valence-electron chi connectivity index (χ0n) is 29.5. The van der Waals surface area contributed by atoms with E-state index >= 15 is 0 Å². The van der Waals surface area contributed by atoms with Crippen LogP contribution in [0.5, 0.6) is 5.75 Å². The normalized spacial score (nSPS) is 19.6. The van der Waals surface area contributed by atoms with Crippen molar-refractivity contribution in [3.8, 4) is 5.75 Å². The molecule has 1 spiro atoms. The first-order valence-electron chi connectivity index (χ1n) is 17.8. The molecule has 0 bridgehead atoms. The van der Waals surface area contributed by atoms with Gasteiger partial charge in [0.1, 0.15) is 12.9 Å². The molecule has 3 aromatic heterocycles. The van der Waals surface area contributed by atoms with Crippen LogP contribution in [0.25, 0.3) is 11.4 Å². The Morgan fingerprint density at radius 1 is 1.19 bits per heavy atom. The number of nitrogens with zero attached hydrogens (tertiary/aromatic N) is 8. The molecule has 4 aliphatic rings. The molecule has 0 radical (unpaired) electrons. The predicted octanol–water partition coefficient (Wildman–Crippen LogP) is 4.78. The second-order valence-corrected chi connectivity index (χ2v) is 14.9. The number of aromatic nitrogens is 6. The Morgan fingerprint density at radius 2 is 1.94 bits per heavy atom. The van der Waals surface area contributed by atoms with Crippen LogP contribution in [0.1, 0.15) is 84.5 Å². The largest absolute Gasteiger partial charge is 0.503 e. The molecule has 1 saturated heterocycles. The van der Waals surface area contributed by atoms with Crippen molar-refractivity contribution < 1.29 is 32.6 Å². The number of alkyl halides is 3. The summed E-state index contributed by atoms with van der Waals surface area (Å²) < 4.78 is 48.1. The van der Waals surface area contributed by atoms with E-state index in [9.17, 15) is 32.7 Å². The minimum atomic E-state index is -4.61. The molecule has 1 atom stereocenters. The van der Waals surface area contributed by atoms with Gasteiger partial charge in [-0.3, -0.25) is 14.4 Å². The van der Waals surface area contributed by atoms with Gasteiger partial charge in [-0.25, -0.2) is 9.97 Å². The number of piperidine rings is 1. The average molecular weight is 768 g/mol. The van der Waals surface area contributed by atoms with Crippen molar-refractivity contribution in [1.29, 1.82) is 0 Å². The topological polar surface area (TPSA) is 160 Å². The molecule has 1 saturated carbocycles. The quantitative estimate of drug-likeness (QED) is 0.268. The second kappa shape index (κ2) is 13.4. The van der Waals surface area contributed by atoms with Gasteiger partial charge in [-0.1, -0.05) is 24.6 Å². The third-order valence-electron chi connectivity index (χ3n) is 11.0. The molecule has 2 N–H and O–H groups in total. The summed E-state index contributed by atoms with van der Waals surface area (Å²) >= 11 is 6.16. The van der Waals surface area contributed by atoms with E-state index in [1.807, 2.05) is 24.9 Å². The number of aromatic hydroxyl groups is 1. The van der Waals surface area contributed by atoms with Crippen LogP contribution in [0.2, 0.25) is 5.02 Å². The van der Waals surface area contributed by atoms with Gasteiger partial charge in [0.25, 0.3) is 11.5 Å². The number of hydrogen-bond donors (Lipinski definition) is 2. The van der Waals surface area contributed by atoms with E-state index in [1.165, 1.54) is 10.8 Å². The van der Waals surface area contributed by atoms with Crippen LogP contribution < -0.4 is 15.8 Å². The van der Waals surface area contributed by atoms with Gasteiger partial charge in [-0.15, -0.1) is 5.10 Å². The van der Waals surface area contributed by atoms with Crippen molar-refractivity contribution in [3.05, 3.63) is 74.3 Å². The number of amides is 2. The Hall–Kier alpha value is -5.03. The van der Waals surface area contributed by atoms with Crippen molar-refractivity contribution in [1.82, 2.24) is 34.0 Å². The summed E-state index contributed by atoms with van der Waals surface area (Å²) in [6.45, 7) is 3.02. The summed E-state index contributed by atoms with van der Waals surface area (Å²) in [7, 11) is 1.83. The van der Waals surface area contributed by atoms with E-state index in [0.29, 0.717) is 61.8 Å². The Morgan fingerprint density at radius 3 is 2.61 bits per heavy atom. The van der Waals surface area contributed by atoms with Crippen LogP contribution in [-0.2, 0) is 27.7 Å². The number of rotatable bonds is 7. The predicted molar refractivity (Wildman–Crippen MR) is 191 cm³/mol. The van der Waals surface area contributed by atoms with Gasteiger partial charge in [0.15, 0.2) is 23.1 Å². The SMILES string of the molecule is CC1CC2(CCN(C(=O)c3ncnc(N(C)C4CC4)c3O)CC2)c2c1n(CC(=O)Nc1ccc(C(F)(F)F)cc1Cl)c1nc(C3=CCOCC3)nn1c2=O. The van der Waals surface area contributed by atoms with Gasteiger partial charge >= 0.3 is 6.18 Å². The van der Waals surface area contributed by atoms with Crippen LogP contribution in [0, 0.1) is 0 Å². The average Bonchev–Trinajstić information content (AvgIpc) is 3.83. The van der Waals surface area contributed by atoms with Gasteiger partial charge < -0.3 is 29.5 Å². The van der Waals surface area contributed by atoms with Gasteiger partial charge in [-0.2, -0.15) is 22.7 Å². The maximum Gasteiger partial charge on any atom is 0.416 e. The maximum absolute atomic E-state index is 14.5. The molecular formula is C36H37ClF3N9O5. The molecular weight excluding hydrogens is 731 g/mol. The van der Waals surface area contributed by atoms with Crippen LogP contribution in [0.3, 0.4) is 0 Å². The van der Waals surface area contributed by atoms with E-state index in [1.54, 1.807) is 9.47 Å². The molecule has 1 aromatic carbocycles. The molecule has 2 amide bonds. The number of anilines is 2. The standard InChI is InChI=1S/C36H37ClF3N9O5/c1-19-16-35(9-11-47(12-10-35)33(53)27-29(51)31(42-18-41-27)46(2)22-4-5-22)26-28(19)48(17-25(50)43-24-6-3-21(15-23(24)37)36(38,39)40)34-44-30(45-49(34)32(26)52)20-7-13-54-14-8-20/h3,6-7,15,18-19,22,51H,4-5,8-14,16-17H2,1-2H3,(H,43,50). The molecule has 5 heterocycles. The summed E-state index contributed by atoms with van der Waals surface area (Å²) in [6, 6.07) is 2.94. The number of fused-ring (bicyclic) bond motifs is 3. The first kappa shape index (κ1) is 36.0. The van der Waals surface area contributed by atoms with Crippen molar-refractivity contribution in [2.45, 2.75) is 75.5 Å². The monoisotopic (exact) mass is 767 g/mol. The third-order valence-corrected chi connectivity index (χ3v) is 11.4. The zero-order chi connectivity index (χ0) is 38.1. The number of likely N-dealkylation sites (tertiary alicyclic amines) is 1. The number of benzene rings is 1. The van der Waals surface area contributed by atoms with Gasteiger partial charge in [0.2, 0.25) is 11.7 Å². The molecule has 18 heteroatoms. The summed E-state index contributed by atoms with van der Waals surface area (Å²) in [5, 5.41) is 18.0. The number of halogens is 4. The number of carbonyl (C=O) groups is 2. The highest BCUT2D eigenvalue weighted by Crippen LogP contribution is 2.51. The zero-order valence-corrected chi connectivity index (χ0v) is 30.2. The lowest BCUT2D eigenvalue weighted by Crippen LogP contribution is -2.47. The van der Waals surface area contributed by atoms with Crippen molar-refractivity contribution in [2.24, 2.45) is 0 Å². The summed E-state index contributed by atoms with van der Waals surface area (Å²) in [5.41, 5.74) is -0.153. The fourth-order valence-corrected chi connectivity index (χ4v) is 8.41. The van der Waals surface area contributed by atoms with Crippen molar-refractivity contribution in [2.75, 3.05) is 43.6 Å². The first-order valence-corrected chi connectivity index (χ1v) is 18.2. The molecule has 1 unspecified atom stereocenters. The highest BCUT2D eigenvalue weighted by atomic mass is 35.5. The Balaban J connectivity index is 1.13. The second-order valence-electron chi connectivity index (χ2n) is 14.5. The molecule has 2 aliphatic carbocycles. The number of nitrogens with one attached hydrogen (secondary N) is 1. The van der Waals surface area contributed by atoms with Gasteiger partial charge in [0.05, 0.1) is 29.5 Å². The van der Waals surface area contributed by atoms with Crippen molar-refractivity contribution in [3.63, 3.8) is 0 Å². The molecule has 4 aromatic rings. The highest BCUT2D eigenvalue weighted by molar-refractivity contribution is 6.33. The molecule has 54 heavy (non-hydrogen) atoms. The lowest BCUT2D eigenvalue weighted by Gasteiger charge is -2.39. The smallest absolute Gasteiger partial charge is 0.416 e. The lowest BCUT2D eigenvalue weighted by molar-refractivity contribution is -0.137. The Kier molecular flexibility index (Phi) is 8.91. The van der Waals surface area contributed by atoms with Crippen LogP contribution in [-0.4, -0.2) is 90.3 Å². The molecule has 2 aliphatic heterocycles. The van der Waals surface area contributed by atoms with Crippen molar-refractivity contribution >= 4 is 46.3 Å². The summed E-state index contributed by atoms with van der Waals surface area (Å²) in [6.07, 6.45) is 2.41. The lowest BCUT2D eigenvalue weighted by atomic mass is 9.73. The van der Waals surface area contributed by atoms with Gasteiger partial charge in [-0.05, 0) is 68.2 Å². The minimum Gasteiger partial charge on any atom is -0.503 e. The fourth-order valence-electron chi connectivity index (χ4n) is 8.18. The maximum atomic E-state index is 14.5. The van der Waals surface area contributed by atoms with E-state index in [4.69, 9.17) is 21.3 Å². The van der Waals surface area contributed by atoms with Gasteiger partial charge in [0, 0.05) is 42.9 Å².